The maximum Gasteiger partial charge on any atom is 0.130 e. The molecule has 2 aromatic rings. The van der Waals surface area contributed by atoms with E-state index in [9.17, 15) is 0 Å². The van der Waals surface area contributed by atoms with Gasteiger partial charge in [-0.05, 0) is 49.9 Å². The minimum absolute atomic E-state index is 0.457. The van der Waals surface area contributed by atoms with Gasteiger partial charge in [0.2, 0.25) is 0 Å². The SMILES string of the molecule is Cc1cc(Nc2ccccc2)ncc1NC(C)CC(C)C. The smallest absolute Gasteiger partial charge is 0.130 e. The number of aromatic nitrogens is 1. The maximum absolute atomic E-state index is 4.49. The second-order valence-electron chi connectivity index (χ2n) is 6.05. The molecule has 0 radical (unpaired) electrons. The Morgan fingerprint density at radius 1 is 1.10 bits per heavy atom. The number of aryl methyl sites for hydroxylation is 1. The molecule has 0 spiro atoms. The fourth-order valence-electron chi connectivity index (χ4n) is 2.48. The van der Waals surface area contributed by atoms with Gasteiger partial charge in [-0.15, -0.1) is 0 Å². The topological polar surface area (TPSA) is 37.0 Å². The summed E-state index contributed by atoms with van der Waals surface area (Å²) >= 11 is 0. The number of nitrogens with zero attached hydrogens (tertiary/aromatic N) is 1. The maximum atomic E-state index is 4.49. The van der Waals surface area contributed by atoms with E-state index < -0.39 is 0 Å². The van der Waals surface area contributed by atoms with Crippen molar-refractivity contribution >= 4 is 17.2 Å². The molecule has 21 heavy (non-hydrogen) atoms. The summed E-state index contributed by atoms with van der Waals surface area (Å²) < 4.78 is 0. The predicted octanol–water partition coefficient (Wildman–Crippen LogP) is 4.98. The number of rotatable bonds is 6. The zero-order valence-electron chi connectivity index (χ0n) is 13.4. The van der Waals surface area contributed by atoms with E-state index in [-0.39, 0.29) is 0 Å². The van der Waals surface area contributed by atoms with Gasteiger partial charge in [0.25, 0.3) is 0 Å². The molecule has 0 amide bonds. The molecule has 0 aliphatic rings. The van der Waals surface area contributed by atoms with Crippen LogP contribution in [0.4, 0.5) is 17.2 Å². The summed E-state index contributed by atoms with van der Waals surface area (Å²) in [6, 6.07) is 12.6. The Morgan fingerprint density at radius 2 is 1.81 bits per heavy atom. The first-order chi connectivity index (χ1) is 10.0. The summed E-state index contributed by atoms with van der Waals surface area (Å²) in [5, 5.41) is 6.86. The van der Waals surface area contributed by atoms with Gasteiger partial charge in [-0.2, -0.15) is 0 Å². The second-order valence-corrected chi connectivity index (χ2v) is 6.05. The molecular formula is C18H25N3. The quantitative estimate of drug-likeness (QED) is 0.785. The lowest BCUT2D eigenvalue weighted by Crippen LogP contribution is -2.18. The van der Waals surface area contributed by atoms with Crippen molar-refractivity contribution in [3.63, 3.8) is 0 Å². The molecule has 3 nitrogen and oxygen atoms in total. The van der Waals surface area contributed by atoms with Crippen LogP contribution in [0.1, 0.15) is 32.8 Å². The highest BCUT2D eigenvalue weighted by Crippen LogP contribution is 2.21. The molecule has 1 aromatic heterocycles. The van der Waals surface area contributed by atoms with Gasteiger partial charge in [-0.25, -0.2) is 4.98 Å². The van der Waals surface area contributed by atoms with Gasteiger partial charge in [0.1, 0.15) is 5.82 Å². The molecule has 3 heteroatoms. The third-order valence-corrected chi connectivity index (χ3v) is 3.38. The Balaban J connectivity index is 2.03. The van der Waals surface area contributed by atoms with Crippen molar-refractivity contribution in [2.45, 2.75) is 40.2 Å². The van der Waals surface area contributed by atoms with Gasteiger partial charge < -0.3 is 10.6 Å². The fourth-order valence-corrected chi connectivity index (χ4v) is 2.48. The summed E-state index contributed by atoms with van der Waals surface area (Å²) in [6.07, 6.45) is 3.07. The normalized spacial score (nSPS) is 12.2. The van der Waals surface area contributed by atoms with Crippen LogP contribution in [0, 0.1) is 12.8 Å². The predicted molar refractivity (Wildman–Crippen MR) is 91.2 cm³/mol. The molecule has 1 atom stereocenters. The molecule has 1 heterocycles. The summed E-state index contributed by atoms with van der Waals surface area (Å²) in [5.74, 6) is 1.57. The van der Waals surface area contributed by atoms with E-state index in [0.717, 1.165) is 23.6 Å². The lowest BCUT2D eigenvalue weighted by molar-refractivity contribution is 0.539. The van der Waals surface area contributed by atoms with Gasteiger partial charge in [-0.3, -0.25) is 0 Å². The molecule has 112 valence electrons. The summed E-state index contributed by atoms with van der Waals surface area (Å²) in [5.41, 5.74) is 3.37. The molecular weight excluding hydrogens is 258 g/mol. The van der Waals surface area contributed by atoms with Crippen molar-refractivity contribution in [1.29, 1.82) is 0 Å². The van der Waals surface area contributed by atoms with Gasteiger partial charge in [0, 0.05) is 11.7 Å². The van der Waals surface area contributed by atoms with Crippen LogP contribution in [0.5, 0.6) is 0 Å². The van der Waals surface area contributed by atoms with Gasteiger partial charge >= 0.3 is 0 Å². The summed E-state index contributed by atoms with van der Waals surface area (Å²) in [4.78, 5) is 4.49. The van der Waals surface area contributed by atoms with Crippen molar-refractivity contribution in [1.82, 2.24) is 4.98 Å². The third-order valence-electron chi connectivity index (χ3n) is 3.38. The number of benzene rings is 1. The molecule has 0 aliphatic heterocycles. The third kappa shape index (κ3) is 4.78. The first-order valence-electron chi connectivity index (χ1n) is 7.60. The lowest BCUT2D eigenvalue weighted by Gasteiger charge is -2.19. The fraction of sp³-hybridized carbons (Fsp3) is 0.389. The zero-order valence-corrected chi connectivity index (χ0v) is 13.4. The minimum Gasteiger partial charge on any atom is -0.381 e. The van der Waals surface area contributed by atoms with E-state index in [1.54, 1.807) is 0 Å². The van der Waals surface area contributed by atoms with Crippen molar-refractivity contribution in [2.75, 3.05) is 10.6 Å². The second kappa shape index (κ2) is 7.11. The van der Waals surface area contributed by atoms with Crippen LogP contribution in [0.2, 0.25) is 0 Å². The number of hydrogen-bond acceptors (Lipinski definition) is 3. The molecule has 2 N–H and O–H groups in total. The molecule has 1 unspecified atom stereocenters. The number of hydrogen-bond donors (Lipinski definition) is 2. The number of para-hydroxylation sites is 1. The molecule has 2 rings (SSSR count). The largest absolute Gasteiger partial charge is 0.381 e. The van der Waals surface area contributed by atoms with E-state index in [1.807, 2.05) is 36.5 Å². The first-order valence-corrected chi connectivity index (χ1v) is 7.60. The molecule has 1 aromatic carbocycles. The minimum atomic E-state index is 0.457. The van der Waals surface area contributed by atoms with E-state index in [2.05, 4.69) is 49.4 Å². The van der Waals surface area contributed by atoms with Crippen LogP contribution >= 0.6 is 0 Å². The average molecular weight is 283 g/mol. The van der Waals surface area contributed by atoms with Crippen molar-refractivity contribution in [2.24, 2.45) is 5.92 Å². The zero-order chi connectivity index (χ0) is 15.2. The number of anilines is 3. The Bertz CT molecular complexity index is 564. The highest BCUT2D eigenvalue weighted by Gasteiger charge is 2.07. The van der Waals surface area contributed by atoms with E-state index in [0.29, 0.717) is 12.0 Å². The Labute approximate surface area is 127 Å². The highest BCUT2D eigenvalue weighted by molar-refractivity contribution is 5.60. The van der Waals surface area contributed by atoms with Crippen molar-refractivity contribution in [3.05, 3.63) is 48.2 Å². The van der Waals surface area contributed by atoms with Gasteiger partial charge in [0.15, 0.2) is 0 Å². The van der Waals surface area contributed by atoms with Crippen LogP contribution in [-0.2, 0) is 0 Å². The van der Waals surface area contributed by atoms with Crippen LogP contribution in [0.25, 0.3) is 0 Å². The van der Waals surface area contributed by atoms with E-state index in [1.165, 1.54) is 5.56 Å². The molecule has 0 bridgehead atoms. The summed E-state index contributed by atoms with van der Waals surface area (Å²) in [7, 11) is 0. The molecule has 0 saturated heterocycles. The molecule has 0 aliphatic carbocycles. The number of pyridine rings is 1. The monoisotopic (exact) mass is 283 g/mol. The van der Waals surface area contributed by atoms with Crippen LogP contribution in [0.3, 0.4) is 0 Å². The Kier molecular flexibility index (Phi) is 5.20. The van der Waals surface area contributed by atoms with Crippen LogP contribution in [0.15, 0.2) is 42.6 Å². The summed E-state index contributed by atoms with van der Waals surface area (Å²) in [6.45, 7) is 8.82. The van der Waals surface area contributed by atoms with Gasteiger partial charge in [0.05, 0.1) is 11.9 Å². The first kappa shape index (κ1) is 15.4. The van der Waals surface area contributed by atoms with Gasteiger partial charge in [-0.1, -0.05) is 32.0 Å². The average Bonchev–Trinajstić information content (AvgIpc) is 2.42. The molecule has 0 fully saturated rings. The number of nitrogens with one attached hydrogen (secondary N) is 2. The highest BCUT2D eigenvalue weighted by atomic mass is 15.0. The van der Waals surface area contributed by atoms with E-state index >= 15 is 0 Å². The van der Waals surface area contributed by atoms with Crippen LogP contribution < -0.4 is 10.6 Å². The Morgan fingerprint density at radius 3 is 2.43 bits per heavy atom. The standard InChI is InChI=1S/C18H25N3/c1-13(2)10-15(4)20-17-12-19-18(11-14(17)3)21-16-8-6-5-7-9-16/h5-9,11-13,15,20H,10H2,1-4H3,(H,19,21). The van der Waals surface area contributed by atoms with Crippen molar-refractivity contribution < 1.29 is 0 Å². The van der Waals surface area contributed by atoms with Crippen LogP contribution in [-0.4, -0.2) is 11.0 Å². The lowest BCUT2D eigenvalue weighted by atomic mass is 10.0. The van der Waals surface area contributed by atoms with E-state index in [4.69, 9.17) is 0 Å². The Hall–Kier alpha value is -2.03. The van der Waals surface area contributed by atoms with Crippen molar-refractivity contribution in [3.8, 4) is 0 Å². The molecule has 0 saturated carbocycles.